The number of rotatable bonds is 10. The number of benzene rings is 2. The van der Waals surface area contributed by atoms with Crippen LogP contribution in [0.4, 0.5) is 0 Å². The molecule has 1 N–H and O–H groups in total. The largest absolute Gasteiger partial charge is 0.507 e. The van der Waals surface area contributed by atoms with Crippen molar-refractivity contribution in [3.8, 4) is 5.75 Å². The second-order valence-corrected chi connectivity index (χ2v) is 8.29. The van der Waals surface area contributed by atoms with Gasteiger partial charge in [-0.05, 0) is 63.3 Å². The predicted octanol–water partition coefficient (Wildman–Crippen LogP) is 4.24. The highest BCUT2D eigenvalue weighted by Gasteiger charge is 2.45. The second-order valence-electron chi connectivity index (χ2n) is 8.29. The highest BCUT2D eigenvalue weighted by molar-refractivity contribution is 6.46. The average molecular weight is 437 g/mol. The number of ketones is 1. The Morgan fingerprint density at radius 1 is 1.03 bits per heavy atom. The van der Waals surface area contributed by atoms with E-state index in [1.54, 1.807) is 29.2 Å². The summed E-state index contributed by atoms with van der Waals surface area (Å²) in [5.41, 5.74) is 1.42. The van der Waals surface area contributed by atoms with Gasteiger partial charge in [0.1, 0.15) is 11.5 Å². The molecule has 170 valence electrons. The number of ether oxygens (including phenoxy) is 1. The van der Waals surface area contributed by atoms with Crippen molar-refractivity contribution in [3.63, 3.8) is 0 Å². The fourth-order valence-electron chi connectivity index (χ4n) is 3.85. The lowest BCUT2D eigenvalue weighted by Gasteiger charge is -2.26. The number of carbonyl (C=O) groups excluding carboxylic acids is 2. The van der Waals surface area contributed by atoms with Gasteiger partial charge in [-0.25, -0.2) is 0 Å². The van der Waals surface area contributed by atoms with Gasteiger partial charge in [-0.15, -0.1) is 0 Å². The number of amides is 1. The van der Waals surface area contributed by atoms with Crippen molar-refractivity contribution in [3.05, 3.63) is 71.3 Å². The first-order valence-corrected chi connectivity index (χ1v) is 11.1. The molecule has 1 amide bonds. The molecule has 0 radical (unpaired) electrons. The van der Waals surface area contributed by atoms with Gasteiger partial charge in [0.15, 0.2) is 0 Å². The van der Waals surface area contributed by atoms with E-state index in [0.717, 1.165) is 31.4 Å². The SMILES string of the molecule is CCCCOc1ccc(/C(O)=C2/C(=O)C(=O)N(CCCN(C)C)C2c2ccccc2)cc1. The molecule has 0 aromatic heterocycles. The highest BCUT2D eigenvalue weighted by Crippen LogP contribution is 2.39. The van der Waals surface area contributed by atoms with Gasteiger partial charge in [0.2, 0.25) is 0 Å². The summed E-state index contributed by atoms with van der Waals surface area (Å²) in [6, 6.07) is 15.8. The Balaban J connectivity index is 1.95. The molecule has 1 saturated heterocycles. The molecule has 2 aromatic rings. The van der Waals surface area contributed by atoms with E-state index in [0.29, 0.717) is 24.5 Å². The van der Waals surface area contributed by atoms with Crippen LogP contribution >= 0.6 is 0 Å². The fourth-order valence-corrected chi connectivity index (χ4v) is 3.85. The molecule has 1 atom stereocenters. The molecule has 0 saturated carbocycles. The average Bonchev–Trinajstić information content (AvgIpc) is 3.04. The van der Waals surface area contributed by atoms with Gasteiger partial charge in [0.25, 0.3) is 11.7 Å². The molecule has 2 aromatic carbocycles. The maximum Gasteiger partial charge on any atom is 0.295 e. The Hall–Kier alpha value is -3.12. The second kappa shape index (κ2) is 11.0. The van der Waals surface area contributed by atoms with Crippen molar-refractivity contribution in [1.29, 1.82) is 0 Å². The first-order valence-electron chi connectivity index (χ1n) is 11.1. The van der Waals surface area contributed by atoms with E-state index in [4.69, 9.17) is 4.74 Å². The highest BCUT2D eigenvalue weighted by atomic mass is 16.5. The van der Waals surface area contributed by atoms with Crippen molar-refractivity contribution in [2.45, 2.75) is 32.2 Å². The number of carbonyl (C=O) groups is 2. The fraction of sp³-hybridized carbons (Fsp3) is 0.385. The van der Waals surface area contributed by atoms with Crippen LogP contribution in [0, 0.1) is 0 Å². The summed E-state index contributed by atoms with van der Waals surface area (Å²) in [5, 5.41) is 11.1. The minimum absolute atomic E-state index is 0.130. The van der Waals surface area contributed by atoms with E-state index in [1.807, 2.05) is 49.3 Å². The van der Waals surface area contributed by atoms with Gasteiger partial charge in [-0.3, -0.25) is 9.59 Å². The molecule has 32 heavy (non-hydrogen) atoms. The molecular formula is C26H32N2O4. The van der Waals surface area contributed by atoms with Crippen LogP contribution in [0.5, 0.6) is 5.75 Å². The molecule has 3 rings (SSSR count). The van der Waals surface area contributed by atoms with Crippen LogP contribution in [0.15, 0.2) is 60.2 Å². The standard InChI is InChI=1S/C26H32N2O4/c1-4-5-18-32-21-14-12-20(13-15-21)24(29)22-23(19-10-7-6-8-11-19)28(26(31)25(22)30)17-9-16-27(2)3/h6-8,10-15,23,29H,4-5,9,16-18H2,1-3H3/b24-22-. The predicted molar refractivity (Wildman–Crippen MR) is 125 cm³/mol. The molecule has 1 aliphatic heterocycles. The summed E-state index contributed by atoms with van der Waals surface area (Å²) in [6.07, 6.45) is 2.75. The Kier molecular flexibility index (Phi) is 8.06. The van der Waals surface area contributed by atoms with Crippen LogP contribution in [0.1, 0.15) is 43.4 Å². The lowest BCUT2D eigenvalue weighted by atomic mass is 9.95. The van der Waals surface area contributed by atoms with Crippen LogP contribution < -0.4 is 4.74 Å². The molecule has 6 nitrogen and oxygen atoms in total. The zero-order valence-electron chi connectivity index (χ0n) is 19.1. The first kappa shape index (κ1) is 23.5. The van der Waals surface area contributed by atoms with Crippen LogP contribution in [-0.4, -0.2) is 60.4 Å². The number of nitrogens with zero attached hydrogens (tertiary/aromatic N) is 2. The molecular weight excluding hydrogens is 404 g/mol. The van der Waals surface area contributed by atoms with Crippen molar-refractivity contribution in [2.24, 2.45) is 0 Å². The number of Topliss-reactive ketones (excluding diaryl/α,β-unsaturated/α-hetero) is 1. The lowest BCUT2D eigenvalue weighted by Crippen LogP contribution is -2.32. The summed E-state index contributed by atoms with van der Waals surface area (Å²) >= 11 is 0. The zero-order valence-corrected chi connectivity index (χ0v) is 19.1. The van der Waals surface area contributed by atoms with Crippen LogP contribution in [0.25, 0.3) is 5.76 Å². The monoisotopic (exact) mass is 436 g/mol. The molecule has 0 spiro atoms. The van der Waals surface area contributed by atoms with Gasteiger partial charge >= 0.3 is 0 Å². The van der Waals surface area contributed by atoms with E-state index in [-0.39, 0.29) is 11.3 Å². The number of hydrogen-bond acceptors (Lipinski definition) is 5. The summed E-state index contributed by atoms with van der Waals surface area (Å²) in [7, 11) is 3.94. The quantitative estimate of drug-likeness (QED) is 0.261. The van der Waals surface area contributed by atoms with E-state index in [9.17, 15) is 14.7 Å². The molecule has 6 heteroatoms. The van der Waals surface area contributed by atoms with E-state index in [2.05, 4.69) is 6.92 Å². The molecule has 1 unspecified atom stereocenters. The number of aliphatic hydroxyl groups is 1. The summed E-state index contributed by atoms with van der Waals surface area (Å²) in [4.78, 5) is 29.5. The van der Waals surface area contributed by atoms with Crippen molar-refractivity contribution < 1.29 is 19.4 Å². The molecule has 1 aliphatic rings. The maximum absolute atomic E-state index is 13.0. The molecule has 0 aliphatic carbocycles. The Bertz CT molecular complexity index is 952. The smallest absolute Gasteiger partial charge is 0.295 e. The molecule has 1 heterocycles. The third-order valence-corrected chi connectivity index (χ3v) is 5.55. The van der Waals surface area contributed by atoms with Crippen molar-refractivity contribution in [2.75, 3.05) is 33.8 Å². The number of aliphatic hydroxyl groups excluding tert-OH is 1. The number of unbranched alkanes of at least 4 members (excludes halogenated alkanes) is 1. The summed E-state index contributed by atoms with van der Waals surface area (Å²) < 4.78 is 5.68. The number of likely N-dealkylation sites (tertiary alicyclic amines) is 1. The van der Waals surface area contributed by atoms with Crippen LogP contribution in [0.3, 0.4) is 0 Å². The van der Waals surface area contributed by atoms with E-state index < -0.39 is 17.7 Å². The Labute approximate surface area is 190 Å². The van der Waals surface area contributed by atoms with Gasteiger partial charge < -0.3 is 19.6 Å². The third-order valence-electron chi connectivity index (χ3n) is 5.55. The van der Waals surface area contributed by atoms with Crippen molar-refractivity contribution >= 4 is 17.4 Å². The van der Waals surface area contributed by atoms with Gasteiger partial charge in [-0.1, -0.05) is 43.7 Å². The maximum atomic E-state index is 13.0. The topological polar surface area (TPSA) is 70.1 Å². The van der Waals surface area contributed by atoms with Gasteiger partial charge in [-0.2, -0.15) is 0 Å². The summed E-state index contributed by atoms with van der Waals surface area (Å²) in [6.45, 7) is 3.96. The Morgan fingerprint density at radius 2 is 1.72 bits per heavy atom. The lowest BCUT2D eigenvalue weighted by molar-refractivity contribution is -0.139. The van der Waals surface area contributed by atoms with Crippen LogP contribution in [-0.2, 0) is 9.59 Å². The zero-order chi connectivity index (χ0) is 23.1. The number of hydrogen-bond donors (Lipinski definition) is 1. The normalized spacial score (nSPS) is 17.9. The Morgan fingerprint density at radius 3 is 2.34 bits per heavy atom. The van der Waals surface area contributed by atoms with Crippen molar-refractivity contribution in [1.82, 2.24) is 9.80 Å². The minimum atomic E-state index is -0.649. The van der Waals surface area contributed by atoms with E-state index >= 15 is 0 Å². The minimum Gasteiger partial charge on any atom is -0.507 e. The van der Waals surface area contributed by atoms with Gasteiger partial charge in [0, 0.05) is 12.1 Å². The molecule has 0 bridgehead atoms. The van der Waals surface area contributed by atoms with Gasteiger partial charge in [0.05, 0.1) is 18.2 Å². The molecule has 1 fully saturated rings. The van der Waals surface area contributed by atoms with Crippen LogP contribution in [0.2, 0.25) is 0 Å². The summed E-state index contributed by atoms with van der Waals surface area (Å²) in [5.74, 6) is -0.672. The third kappa shape index (κ3) is 5.37. The van der Waals surface area contributed by atoms with E-state index in [1.165, 1.54) is 0 Å². The first-order chi connectivity index (χ1) is 15.4.